The second kappa shape index (κ2) is 14.0. The fourth-order valence-electron chi connectivity index (χ4n) is 5.83. The first-order valence-electron chi connectivity index (χ1n) is 15.5. The molecule has 47 heavy (non-hydrogen) atoms. The van der Waals surface area contributed by atoms with Crippen molar-refractivity contribution in [3.63, 3.8) is 0 Å². The predicted molar refractivity (Wildman–Crippen MR) is 183 cm³/mol. The van der Waals surface area contributed by atoms with Crippen LogP contribution in [-0.4, -0.2) is 66.6 Å². The largest absolute Gasteiger partial charge is 0.512 e. The molecule has 2 aromatic heterocycles. The first-order valence-corrected chi connectivity index (χ1v) is 17.1. The predicted octanol–water partition coefficient (Wildman–Crippen LogP) is 6.47. The van der Waals surface area contributed by atoms with Gasteiger partial charge in [0, 0.05) is 37.4 Å². The van der Waals surface area contributed by atoms with Crippen molar-refractivity contribution in [2.75, 3.05) is 54.6 Å². The van der Waals surface area contributed by atoms with Gasteiger partial charge >= 0.3 is 6.16 Å². The highest BCUT2D eigenvalue weighted by Crippen LogP contribution is 2.36. The Morgan fingerprint density at radius 1 is 0.936 bits per heavy atom. The number of nitrogens with zero attached hydrogens (tertiary/aromatic N) is 4. The van der Waals surface area contributed by atoms with Crippen molar-refractivity contribution >= 4 is 60.9 Å². The molecule has 242 valence electrons. The molecular formula is C34H33N5O6S2. The number of amides is 1. The summed E-state index contributed by atoms with van der Waals surface area (Å²) in [5.41, 5.74) is 4.60. The van der Waals surface area contributed by atoms with Gasteiger partial charge in [-0.1, -0.05) is 46.9 Å². The second-order valence-corrected chi connectivity index (χ2v) is 13.3. The number of carbonyl (C=O) groups is 2. The minimum atomic E-state index is -1.41. The molecule has 7 rings (SSSR count). The van der Waals surface area contributed by atoms with Gasteiger partial charge in [0.15, 0.2) is 10.3 Å². The van der Waals surface area contributed by atoms with Crippen molar-refractivity contribution in [1.29, 1.82) is 0 Å². The number of hydrogen-bond acceptors (Lipinski definition) is 11. The molecule has 2 aliphatic heterocycles. The monoisotopic (exact) mass is 671 g/mol. The molecule has 1 saturated heterocycles. The Morgan fingerprint density at radius 3 is 2.57 bits per heavy atom. The third-order valence-corrected chi connectivity index (χ3v) is 10.3. The summed E-state index contributed by atoms with van der Waals surface area (Å²) in [6, 6.07) is 21.6. The molecule has 11 nitrogen and oxygen atoms in total. The molecule has 0 radical (unpaired) electrons. The molecule has 3 aromatic carbocycles. The fourth-order valence-corrected chi connectivity index (χ4v) is 7.74. The van der Waals surface area contributed by atoms with Gasteiger partial charge < -0.3 is 29.1 Å². The number of thiazole rings is 2. The average molecular weight is 672 g/mol. The summed E-state index contributed by atoms with van der Waals surface area (Å²) in [4.78, 5) is 39.2. The van der Waals surface area contributed by atoms with Gasteiger partial charge in [0.25, 0.3) is 5.91 Å². The molecule has 0 bridgehead atoms. The second-order valence-electron chi connectivity index (χ2n) is 11.2. The first-order chi connectivity index (χ1) is 23.0. The van der Waals surface area contributed by atoms with Gasteiger partial charge in [0.1, 0.15) is 5.75 Å². The number of para-hydroxylation sites is 1. The Balaban J connectivity index is 1.00. The van der Waals surface area contributed by atoms with Crippen LogP contribution in [0.3, 0.4) is 0 Å². The highest BCUT2D eigenvalue weighted by Gasteiger charge is 2.26. The summed E-state index contributed by atoms with van der Waals surface area (Å²) in [5, 5.41) is 13.6. The van der Waals surface area contributed by atoms with Gasteiger partial charge in [-0.3, -0.25) is 10.1 Å². The van der Waals surface area contributed by atoms with Crippen molar-refractivity contribution in [3.8, 4) is 11.6 Å². The van der Waals surface area contributed by atoms with Crippen LogP contribution in [0.5, 0.6) is 11.6 Å². The summed E-state index contributed by atoms with van der Waals surface area (Å²) < 4.78 is 17.5. The van der Waals surface area contributed by atoms with Crippen LogP contribution in [0, 0.1) is 0 Å². The summed E-state index contributed by atoms with van der Waals surface area (Å²) in [6.45, 7) is 4.83. The zero-order valence-corrected chi connectivity index (χ0v) is 27.1. The third-order valence-electron chi connectivity index (χ3n) is 8.17. The molecule has 1 amide bonds. The van der Waals surface area contributed by atoms with E-state index >= 15 is 0 Å². The Bertz CT molecular complexity index is 1850. The van der Waals surface area contributed by atoms with E-state index in [-0.39, 0.29) is 11.8 Å². The topological polar surface area (TPSA) is 126 Å². The maximum atomic E-state index is 13.4. The number of rotatable bonds is 10. The highest BCUT2D eigenvalue weighted by atomic mass is 32.1. The lowest BCUT2D eigenvalue weighted by Gasteiger charge is -2.29. The van der Waals surface area contributed by atoms with Crippen LogP contribution < -0.4 is 24.6 Å². The Labute approximate surface area is 279 Å². The lowest BCUT2D eigenvalue weighted by molar-refractivity contribution is 0.102. The molecule has 0 saturated carbocycles. The Morgan fingerprint density at radius 2 is 1.77 bits per heavy atom. The molecule has 2 N–H and O–H groups in total. The van der Waals surface area contributed by atoms with Crippen LogP contribution in [0.4, 0.5) is 20.7 Å². The van der Waals surface area contributed by atoms with E-state index in [1.165, 1.54) is 22.7 Å². The van der Waals surface area contributed by atoms with Crippen LogP contribution >= 0.6 is 22.7 Å². The summed E-state index contributed by atoms with van der Waals surface area (Å²) in [5.74, 6) is 0.664. The zero-order valence-electron chi connectivity index (χ0n) is 25.5. The van der Waals surface area contributed by atoms with E-state index in [1.807, 2.05) is 54.6 Å². The van der Waals surface area contributed by atoms with Crippen LogP contribution in [-0.2, 0) is 24.1 Å². The van der Waals surface area contributed by atoms with E-state index in [0.717, 1.165) is 70.4 Å². The number of carboxylic acid groups (broad SMARTS) is 1. The molecule has 1 fully saturated rings. The molecular weight excluding hydrogens is 639 g/mol. The molecule has 0 unspecified atom stereocenters. The Hall–Kier alpha value is -4.72. The number of fused-ring (bicyclic) bond motifs is 2. The number of aromatic nitrogens is 2. The normalized spacial score (nSPS) is 14.6. The molecule has 13 heteroatoms. The summed E-state index contributed by atoms with van der Waals surface area (Å²) in [6.07, 6.45) is 0.519. The summed E-state index contributed by atoms with van der Waals surface area (Å²) >= 11 is 2.85. The number of aryl methyl sites for hydroxylation is 1. The highest BCUT2D eigenvalue weighted by molar-refractivity contribution is 7.22. The number of benzene rings is 3. The number of morpholine rings is 1. The van der Waals surface area contributed by atoms with Gasteiger partial charge in [-0.25, -0.2) is 9.78 Å². The number of ether oxygens (including phenoxy) is 3. The maximum Gasteiger partial charge on any atom is 0.512 e. The van der Waals surface area contributed by atoms with Gasteiger partial charge in [-0.2, -0.15) is 4.98 Å². The van der Waals surface area contributed by atoms with Gasteiger partial charge in [0.05, 0.1) is 34.9 Å². The summed E-state index contributed by atoms with van der Waals surface area (Å²) in [7, 11) is 0. The van der Waals surface area contributed by atoms with E-state index in [1.54, 1.807) is 0 Å². The number of anilines is 3. The number of nitrogens with one attached hydrogen (secondary N) is 1. The third kappa shape index (κ3) is 7.17. The van der Waals surface area contributed by atoms with E-state index < -0.39 is 6.16 Å². The van der Waals surface area contributed by atoms with Gasteiger partial charge in [0.2, 0.25) is 5.88 Å². The number of carbonyl (C=O) groups excluding carboxylic acids is 1. The molecule has 4 heterocycles. The van der Waals surface area contributed by atoms with E-state index in [2.05, 4.69) is 37.2 Å². The van der Waals surface area contributed by atoms with Crippen LogP contribution in [0.1, 0.15) is 32.8 Å². The molecule has 0 atom stereocenters. The molecule has 2 aliphatic rings. The lowest BCUT2D eigenvalue weighted by Crippen LogP contribution is -2.36. The standard InChI is InChI=1S/C34H33N5O6S2/c40-30(36-32-35-27-7-1-2-8-28(27)46-32)25-6-3-5-22-14-15-39(21-26(22)25)33-37-31(45-34(41)42)29(47-33)9-4-18-44-24-12-10-23(11-13-24)38-16-19-43-20-17-38/h1-3,5-8,10-13H,4,9,14-21H2,(H,41,42)(H,35,36,40). The van der Waals surface area contributed by atoms with Gasteiger partial charge in [-0.05, 0) is 72.9 Å². The van der Waals surface area contributed by atoms with Crippen LogP contribution in [0.2, 0.25) is 0 Å². The van der Waals surface area contributed by atoms with E-state index in [0.29, 0.717) is 48.4 Å². The fraction of sp³-hybridized carbons (Fsp3) is 0.294. The quantitative estimate of drug-likeness (QED) is 0.126. The van der Waals surface area contributed by atoms with Crippen LogP contribution in [0.25, 0.3) is 10.2 Å². The molecule has 0 spiro atoms. The molecule has 0 aliphatic carbocycles. The van der Waals surface area contributed by atoms with Crippen molar-refractivity contribution < 1.29 is 28.9 Å². The SMILES string of the molecule is O=C(O)Oc1nc(N2CCc3cccc(C(=O)Nc4nc5ccccc5s4)c3C2)sc1CCCOc1ccc(N2CCOCC2)cc1. The minimum Gasteiger partial charge on any atom is -0.494 e. The maximum absolute atomic E-state index is 13.4. The number of hydrogen-bond donors (Lipinski definition) is 2. The van der Waals surface area contributed by atoms with E-state index in [9.17, 15) is 14.7 Å². The van der Waals surface area contributed by atoms with Crippen molar-refractivity contribution in [2.24, 2.45) is 0 Å². The van der Waals surface area contributed by atoms with E-state index in [4.69, 9.17) is 14.2 Å². The Kier molecular flexibility index (Phi) is 9.18. The lowest BCUT2D eigenvalue weighted by atomic mass is 9.94. The zero-order chi connectivity index (χ0) is 32.2. The van der Waals surface area contributed by atoms with Crippen molar-refractivity contribution in [3.05, 3.63) is 88.3 Å². The first kappa shape index (κ1) is 30.9. The smallest absolute Gasteiger partial charge is 0.494 e. The van der Waals surface area contributed by atoms with Crippen LogP contribution in [0.15, 0.2) is 66.7 Å². The van der Waals surface area contributed by atoms with Crippen molar-refractivity contribution in [1.82, 2.24) is 9.97 Å². The minimum absolute atomic E-state index is 0.0972. The molecule has 5 aromatic rings. The van der Waals surface area contributed by atoms with Gasteiger partial charge in [-0.15, -0.1) is 0 Å². The van der Waals surface area contributed by atoms with Crippen molar-refractivity contribution in [2.45, 2.75) is 25.8 Å². The average Bonchev–Trinajstić information content (AvgIpc) is 3.69.